The fourth-order valence-corrected chi connectivity index (χ4v) is 3.77. The number of hydrogen-bond donors (Lipinski definition) is 3. The van der Waals surface area contributed by atoms with Crippen molar-refractivity contribution in [2.45, 2.75) is 38.4 Å². The molecule has 1 saturated heterocycles. The first kappa shape index (κ1) is 21.1. The van der Waals surface area contributed by atoms with Gasteiger partial charge in [-0.1, -0.05) is 24.3 Å². The summed E-state index contributed by atoms with van der Waals surface area (Å²) < 4.78 is 1.64. The van der Waals surface area contributed by atoms with Crippen molar-refractivity contribution in [1.29, 1.82) is 0 Å². The van der Waals surface area contributed by atoms with Crippen LogP contribution >= 0.6 is 0 Å². The van der Waals surface area contributed by atoms with Crippen molar-refractivity contribution in [2.75, 3.05) is 24.7 Å². The molecule has 0 atom stereocenters. The molecule has 2 fully saturated rings. The van der Waals surface area contributed by atoms with E-state index in [9.17, 15) is 9.59 Å². The van der Waals surface area contributed by atoms with E-state index in [0.717, 1.165) is 24.9 Å². The minimum Gasteiger partial charge on any atom is -0.351 e. The van der Waals surface area contributed by atoms with E-state index in [0.29, 0.717) is 41.3 Å². The monoisotopic (exact) mass is 446 g/mol. The van der Waals surface area contributed by atoms with Crippen molar-refractivity contribution in [1.82, 2.24) is 29.8 Å². The van der Waals surface area contributed by atoms with Crippen molar-refractivity contribution in [3.8, 4) is 0 Å². The summed E-state index contributed by atoms with van der Waals surface area (Å²) in [4.78, 5) is 35.0. The largest absolute Gasteiger partial charge is 0.351 e. The number of anilines is 2. The van der Waals surface area contributed by atoms with Crippen LogP contribution in [0, 0.1) is 0 Å². The molecule has 3 heterocycles. The van der Waals surface area contributed by atoms with E-state index in [1.165, 1.54) is 5.56 Å². The summed E-state index contributed by atoms with van der Waals surface area (Å²) >= 11 is 0. The van der Waals surface area contributed by atoms with Gasteiger partial charge in [-0.25, -0.2) is 0 Å². The second kappa shape index (κ2) is 8.62. The van der Waals surface area contributed by atoms with Crippen LogP contribution in [0.3, 0.4) is 0 Å². The van der Waals surface area contributed by atoms with Crippen molar-refractivity contribution < 1.29 is 9.59 Å². The molecule has 2 amide bonds. The smallest absolute Gasteiger partial charge is 0.254 e. The molecule has 0 radical (unpaired) electrons. The third-order valence-corrected chi connectivity index (χ3v) is 5.47. The molecular weight excluding hydrogens is 420 g/mol. The second-order valence-corrected chi connectivity index (χ2v) is 8.76. The number of aromatic nitrogens is 4. The summed E-state index contributed by atoms with van der Waals surface area (Å²) in [5.41, 5.74) is 3.99. The van der Waals surface area contributed by atoms with Crippen LogP contribution in [0.5, 0.6) is 0 Å². The molecule has 10 nitrogen and oxygen atoms in total. The van der Waals surface area contributed by atoms with Crippen LogP contribution < -0.4 is 16.0 Å². The van der Waals surface area contributed by atoms with E-state index in [4.69, 9.17) is 0 Å². The third kappa shape index (κ3) is 4.85. The molecule has 0 bridgehead atoms. The topological polar surface area (TPSA) is 117 Å². The Morgan fingerprint density at radius 1 is 1.21 bits per heavy atom. The van der Waals surface area contributed by atoms with Crippen LogP contribution in [0.1, 0.15) is 36.0 Å². The highest BCUT2D eigenvalue weighted by Crippen LogP contribution is 2.26. The lowest BCUT2D eigenvalue weighted by Gasteiger charge is -2.12. The van der Waals surface area contributed by atoms with Crippen molar-refractivity contribution in [2.24, 2.45) is 0 Å². The molecule has 0 spiro atoms. The second-order valence-electron chi connectivity index (χ2n) is 8.76. The average molecular weight is 447 g/mol. The zero-order valence-corrected chi connectivity index (χ0v) is 18.6. The molecule has 2 aromatic heterocycles. The molecule has 2 aliphatic rings. The Hall–Kier alpha value is -3.79. The Bertz CT molecular complexity index is 1260. The third-order valence-electron chi connectivity index (χ3n) is 5.47. The Morgan fingerprint density at radius 2 is 2.03 bits per heavy atom. The quantitative estimate of drug-likeness (QED) is 0.354. The highest BCUT2D eigenvalue weighted by molar-refractivity contribution is 6.15. The maximum atomic E-state index is 12.0. The predicted molar refractivity (Wildman–Crippen MR) is 124 cm³/mol. The number of rotatable bonds is 8. The number of imide groups is 1. The Balaban J connectivity index is 1.44. The van der Waals surface area contributed by atoms with Gasteiger partial charge < -0.3 is 15.5 Å². The summed E-state index contributed by atoms with van der Waals surface area (Å²) in [5, 5.41) is 13.4. The van der Waals surface area contributed by atoms with E-state index in [1.54, 1.807) is 16.8 Å². The van der Waals surface area contributed by atoms with E-state index in [2.05, 4.69) is 60.2 Å². The number of fused-ring (bicyclic) bond motifs is 1. The lowest BCUT2D eigenvalue weighted by atomic mass is 10.1. The Morgan fingerprint density at radius 3 is 2.76 bits per heavy atom. The molecule has 33 heavy (non-hydrogen) atoms. The van der Waals surface area contributed by atoms with E-state index in [1.807, 2.05) is 14.1 Å². The van der Waals surface area contributed by atoms with Gasteiger partial charge in [0.1, 0.15) is 0 Å². The van der Waals surface area contributed by atoms with Crippen LogP contribution in [0.15, 0.2) is 36.0 Å². The van der Waals surface area contributed by atoms with Gasteiger partial charge in [-0.05, 0) is 44.1 Å². The number of carbonyl (C=O) groups excluding carboxylic acids is 2. The highest BCUT2D eigenvalue weighted by atomic mass is 16.2. The number of nitrogens with zero attached hydrogens (tertiary/aromatic N) is 5. The molecule has 1 aliphatic carbocycles. The molecule has 3 aromatic rings. The zero-order chi connectivity index (χ0) is 22.9. The maximum absolute atomic E-state index is 12.0. The van der Waals surface area contributed by atoms with E-state index < -0.39 is 0 Å². The first-order valence-electron chi connectivity index (χ1n) is 11.0. The number of carbonyl (C=O) groups is 2. The van der Waals surface area contributed by atoms with Gasteiger partial charge in [-0.15, -0.1) is 0 Å². The van der Waals surface area contributed by atoms with Crippen LogP contribution in [-0.2, 0) is 22.7 Å². The van der Waals surface area contributed by atoms with Gasteiger partial charge in [0, 0.05) is 30.3 Å². The van der Waals surface area contributed by atoms with Gasteiger partial charge in [0.25, 0.3) is 5.91 Å². The molecule has 0 unspecified atom stereocenters. The van der Waals surface area contributed by atoms with Gasteiger partial charge in [0.2, 0.25) is 17.8 Å². The zero-order valence-electron chi connectivity index (χ0n) is 18.6. The SMILES string of the molecule is CN(C)Cc1cccc(CNc2nc(NC3CC3)n3ncc(/C=C4\CC(=O)NC4=O)c3n2)c1. The number of hydrogen-bond acceptors (Lipinski definition) is 8. The lowest BCUT2D eigenvalue weighted by molar-refractivity contribution is -0.124. The van der Waals surface area contributed by atoms with E-state index in [-0.39, 0.29) is 18.2 Å². The number of benzene rings is 1. The summed E-state index contributed by atoms with van der Waals surface area (Å²) in [5.74, 6) is 0.395. The van der Waals surface area contributed by atoms with Crippen LogP contribution in [-0.4, -0.2) is 56.4 Å². The van der Waals surface area contributed by atoms with Crippen LogP contribution in [0.25, 0.3) is 11.7 Å². The highest BCUT2D eigenvalue weighted by Gasteiger charge is 2.26. The Labute approximate surface area is 191 Å². The van der Waals surface area contributed by atoms with Crippen LogP contribution in [0.2, 0.25) is 0 Å². The fourth-order valence-electron chi connectivity index (χ4n) is 3.77. The van der Waals surface area contributed by atoms with E-state index >= 15 is 0 Å². The van der Waals surface area contributed by atoms with Crippen molar-refractivity contribution in [3.05, 3.63) is 52.7 Å². The first-order chi connectivity index (χ1) is 15.9. The van der Waals surface area contributed by atoms with Gasteiger partial charge in [-0.3, -0.25) is 14.9 Å². The maximum Gasteiger partial charge on any atom is 0.254 e. The van der Waals surface area contributed by atoms with Crippen LogP contribution in [0.4, 0.5) is 11.9 Å². The molecule has 1 aromatic carbocycles. The molecular formula is C23H26N8O2. The van der Waals surface area contributed by atoms with Gasteiger partial charge in [-0.2, -0.15) is 19.6 Å². The molecule has 10 heteroatoms. The minimum atomic E-state index is -0.374. The molecule has 1 saturated carbocycles. The molecule has 170 valence electrons. The first-order valence-corrected chi connectivity index (χ1v) is 11.0. The predicted octanol–water partition coefficient (Wildman–Crippen LogP) is 1.80. The van der Waals surface area contributed by atoms with Crippen molar-refractivity contribution >= 4 is 35.4 Å². The molecule has 5 rings (SSSR count). The molecule has 1 aliphatic heterocycles. The van der Waals surface area contributed by atoms with Gasteiger partial charge >= 0.3 is 0 Å². The number of nitrogens with one attached hydrogen (secondary N) is 3. The number of amides is 2. The Kier molecular flexibility index (Phi) is 5.51. The normalized spacial score (nSPS) is 17.2. The van der Waals surface area contributed by atoms with Gasteiger partial charge in [0.05, 0.1) is 12.6 Å². The molecule has 3 N–H and O–H groups in total. The summed E-state index contributed by atoms with van der Waals surface area (Å²) in [6.45, 7) is 1.44. The average Bonchev–Trinajstić information content (AvgIpc) is 3.40. The van der Waals surface area contributed by atoms with Crippen molar-refractivity contribution in [3.63, 3.8) is 0 Å². The fraction of sp³-hybridized carbons (Fsp3) is 0.348. The summed E-state index contributed by atoms with van der Waals surface area (Å²) in [6, 6.07) is 8.77. The lowest BCUT2D eigenvalue weighted by Crippen LogP contribution is -2.19. The minimum absolute atomic E-state index is 0.0584. The standard InChI is InChI=1S/C23H26N8O2/c1-30(2)13-15-5-3-4-14(8-15)11-24-22-28-20-17(9-16-10-19(32)27-21(16)33)12-25-31(20)23(29-22)26-18-6-7-18/h3-5,8-9,12,18H,6-7,10-11,13H2,1-2H3,(H,27,32,33)(H2,24,26,28,29)/b16-9+. The summed E-state index contributed by atoms with van der Waals surface area (Å²) in [6.07, 6.45) is 5.55. The van der Waals surface area contributed by atoms with Gasteiger partial charge in [0.15, 0.2) is 5.65 Å². The summed E-state index contributed by atoms with van der Waals surface area (Å²) in [7, 11) is 4.10.